The molecule has 0 radical (unpaired) electrons. The Kier molecular flexibility index (Phi) is 8.58. The van der Waals surface area contributed by atoms with E-state index in [0.717, 1.165) is 34.4 Å². The van der Waals surface area contributed by atoms with Crippen molar-refractivity contribution in [2.24, 2.45) is 0 Å². The van der Waals surface area contributed by atoms with E-state index in [9.17, 15) is 19.2 Å². The van der Waals surface area contributed by atoms with Crippen LogP contribution >= 0.6 is 0 Å². The normalized spacial score (nSPS) is 11.1. The van der Waals surface area contributed by atoms with Crippen molar-refractivity contribution in [2.75, 3.05) is 26.0 Å². The first kappa shape index (κ1) is 30.9. The third-order valence-corrected chi connectivity index (χ3v) is 7.43. The predicted molar refractivity (Wildman–Crippen MR) is 179 cm³/mol. The highest BCUT2D eigenvalue weighted by Crippen LogP contribution is 2.27. The van der Waals surface area contributed by atoms with Gasteiger partial charge in [-0.3, -0.25) is 9.78 Å². The average Bonchev–Trinajstić information content (AvgIpc) is 3.45. The van der Waals surface area contributed by atoms with Crippen LogP contribution in [0.5, 0.6) is 0 Å². The highest BCUT2D eigenvalue weighted by Gasteiger charge is 2.26. The minimum atomic E-state index is -1.04. The number of H-pyrrole nitrogens is 1. The van der Waals surface area contributed by atoms with Gasteiger partial charge in [0.25, 0.3) is 5.56 Å². The van der Waals surface area contributed by atoms with Crippen LogP contribution in [0.3, 0.4) is 0 Å². The number of esters is 1. The van der Waals surface area contributed by atoms with Gasteiger partial charge in [0.2, 0.25) is 0 Å². The van der Waals surface area contributed by atoms with Gasteiger partial charge in [0.05, 0.1) is 12.3 Å². The molecule has 0 spiro atoms. The van der Waals surface area contributed by atoms with Gasteiger partial charge in [-0.15, -0.1) is 0 Å². The van der Waals surface area contributed by atoms with E-state index in [4.69, 9.17) is 4.74 Å². The van der Waals surface area contributed by atoms with E-state index in [1.807, 2.05) is 56.6 Å². The highest BCUT2D eigenvalue weighted by atomic mass is 16.5. The number of anilines is 1. The lowest BCUT2D eigenvalue weighted by atomic mass is 9.99. The first-order valence-corrected chi connectivity index (χ1v) is 14.9. The van der Waals surface area contributed by atoms with Crippen molar-refractivity contribution in [2.45, 2.75) is 13.5 Å². The van der Waals surface area contributed by atoms with E-state index in [1.54, 1.807) is 55.7 Å². The molecule has 0 saturated heterocycles. The third kappa shape index (κ3) is 6.22. The molecule has 2 N–H and O–H groups in total. The molecule has 3 aromatic carbocycles. The summed E-state index contributed by atoms with van der Waals surface area (Å²) in [6, 6.07) is 24.9. The van der Waals surface area contributed by atoms with E-state index in [2.05, 4.69) is 31.3 Å². The summed E-state index contributed by atoms with van der Waals surface area (Å²) in [4.78, 5) is 62.2. The van der Waals surface area contributed by atoms with Gasteiger partial charge in [-0.25, -0.2) is 19.1 Å². The van der Waals surface area contributed by atoms with Gasteiger partial charge >= 0.3 is 17.7 Å². The summed E-state index contributed by atoms with van der Waals surface area (Å²) in [6.07, 6.45) is 3.35. The number of ether oxygens (including phenoxy) is 1. The van der Waals surface area contributed by atoms with Crippen LogP contribution in [0.1, 0.15) is 23.0 Å². The zero-order valence-electron chi connectivity index (χ0n) is 25.9. The first-order chi connectivity index (χ1) is 22.7. The molecule has 0 fully saturated rings. The summed E-state index contributed by atoms with van der Waals surface area (Å²) in [5.41, 5.74) is 2.92. The zero-order valence-corrected chi connectivity index (χ0v) is 25.9. The van der Waals surface area contributed by atoms with Crippen molar-refractivity contribution in [1.29, 1.82) is 0 Å². The SMILES string of the molecule is CCOC(=O)c1nn(-c2cccc(-c3cccnc3)c2)c2c(=O)n(C(=O)Nc3ccc(-c4ccccc4CN(C)C)cc3)c(=O)[nH]c12. The standard InChI is InChI=1S/C35H31N7O5/c1-4-47-33(44)30-29-31(42(39-30)27-12-7-10-23(19-27)24-11-8-18-36-20-24)32(43)41(35(46)38-29)34(45)37-26-16-14-22(15-17-26)28-13-6-5-9-25(28)21-40(2)3/h5-20H,4,21H2,1-3H3,(H,37,45)(H,38,46). The van der Waals surface area contributed by atoms with Gasteiger partial charge < -0.3 is 19.9 Å². The number of pyridine rings is 1. The Morgan fingerprint density at radius 1 is 0.915 bits per heavy atom. The zero-order chi connectivity index (χ0) is 33.1. The van der Waals surface area contributed by atoms with Crippen molar-refractivity contribution in [3.63, 3.8) is 0 Å². The molecule has 0 saturated carbocycles. The largest absolute Gasteiger partial charge is 0.461 e. The lowest BCUT2D eigenvalue weighted by Gasteiger charge is -2.15. The van der Waals surface area contributed by atoms with Crippen LogP contribution in [-0.2, 0) is 11.3 Å². The summed E-state index contributed by atoms with van der Waals surface area (Å²) in [5, 5.41) is 7.01. The molecule has 0 aliphatic carbocycles. The second-order valence-corrected chi connectivity index (χ2v) is 11.0. The molecule has 0 unspecified atom stereocenters. The molecular formula is C35H31N7O5. The molecule has 12 nitrogen and oxygen atoms in total. The van der Waals surface area contributed by atoms with Gasteiger partial charge in [-0.05, 0) is 73.6 Å². The Bertz CT molecular complexity index is 2220. The minimum absolute atomic E-state index is 0.0490. The topological polar surface area (TPSA) is 144 Å². The number of aromatic nitrogens is 5. The molecule has 3 heterocycles. The molecular weight excluding hydrogens is 598 g/mol. The number of aromatic amines is 1. The number of nitrogens with one attached hydrogen (secondary N) is 2. The van der Waals surface area contributed by atoms with Crippen LogP contribution < -0.4 is 16.6 Å². The van der Waals surface area contributed by atoms with Crippen LogP contribution in [0.4, 0.5) is 10.5 Å². The van der Waals surface area contributed by atoms with Crippen molar-refractivity contribution in [3.8, 4) is 27.9 Å². The second-order valence-electron chi connectivity index (χ2n) is 11.0. The smallest absolute Gasteiger partial charge is 0.361 e. The summed E-state index contributed by atoms with van der Waals surface area (Å²) >= 11 is 0. The molecule has 12 heteroatoms. The first-order valence-electron chi connectivity index (χ1n) is 14.9. The molecule has 3 aromatic heterocycles. The number of amides is 1. The molecule has 6 aromatic rings. The van der Waals surface area contributed by atoms with Gasteiger partial charge in [0.15, 0.2) is 11.2 Å². The summed E-state index contributed by atoms with van der Waals surface area (Å²) in [7, 11) is 4.00. The molecule has 47 heavy (non-hydrogen) atoms. The Balaban J connectivity index is 1.39. The summed E-state index contributed by atoms with van der Waals surface area (Å²) in [5.74, 6) is -0.829. The fourth-order valence-corrected chi connectivity index (χ4v) is 5.35. The maximum Gasteiger partial charge on any atom is 0.361 e. The summed E-state index contributed by atoms with van der Waals surface area (Å²) < 4.78 is 6.82. The molecule has 1 amide bonds. The Morgan fingerprint density at radius 3 is 2.40 bits per heavy atom. The molecule has 0 bridgehead atoms. The van der Waals surface area contributed by atoms with E-state index in [1.165, 1.54) is 4.68 Å². The predicted octanol–water partition coefficient (Wildman–Crippen LogP) is 4.92. The second kappa shape index (κ2) is 13.1. The fraction of sp³-hybridized carbons (Fsp3) is 0.143. The van der Waals surface area contributed by atoms with Crippen LogP contribution in [0.2, 0.25) is 0 Å². The van der Waals surface area contributed by atoms with E-state index < -0.39 is 23.2 Å². The monoisotopic (exact) mass is 629 g/mol. The van der Waals surface area contributed by atoms with Crippen molar-refractivity contribution < 1.29 is 14.3 Å². The molecule has 236 valence electrons. The Labute approximate surface area is 268 Å². The number of benzene rings is 3. The Morgan fingerprint density at radius 2 is 1.68 bits per heavy atom. The summed E-state index contributed by atoms with van der Waals surface area (Å²) in [6.45, 7) is 2.43. The third-order valence-electron chi connectivity index (χ3n) is 7.43. The van der Waals surface area contributed by atoms with Crippen molar-refractivity contribution >= 4 is 28.7 Å². The van der Waals surface area contributed by atoms with Gasteiger partial charge in [-0.1, -0.05) is 54.6 Å². The molecule has 6 rings (SSSR count). The van der Waals surface area contributed by atoms with Crippen LogP contribution in [0.15, 0.2) is 107 Å². The molecule has 0 aliphatic rings. The number of hydrogen-bond donors (Lipinski definition) is 2. The highest BCUT2D eigenvalue weighted by molar-refractivity contribution is 6.01. The van der Waals surface area contributed by atoms with Crippen molar-refractivity contribution in [1.82, 2.24) is 29.2 Å². The number of carbonyl (C=O) groups is 2. The molecule has 0 atom stereocenters. The fourth-order valence-electron chi connectivity index (χ4n) is 5.35. The number of nitrogens with zero attached hydrogens (tertiary/aromatic N) is 5. The van der Waals surface area contributed by atoms with Crippen LogP contribution in [0, 0.1) is 0 Å². The quantitative estimate of drug-likeness (QED) is 0.226. The van der Waals surface area contributed by atoms with Crippen molar-refractivity contribution in [3.05, 3.63) is 129 Å². The van der Waals surface area contributed by atoms with Gasteiger partial charge in [0, 0.05) is 30.2 Å². The minimum Gasteiger partial charge on any atom is -0.461 e. The lowest BCUT2D eigenvalue weighted by Crippen LogP contribution is -2.42. The van der Waals surface area contributed by atoms with E-state index in [-0.39, 0.29) is 23.3 Å². The van der Waals surface area contributed by atoms with E-state index in [0.29, 0.717) is 15.9 Å². The number of hydrogen-bond acceptors (Lipinski definition) is 8. The van der Waals surface area contributed by atoms with Gasteiger partial charge in [-0.2, -0.15) is 9.67 Å². The number of carbonyl (C=O) groups excluding carboxylic acids is 2. The number of fused-ring (bicyclic) bond motifs is 1. The molecule has 0 aliphatic heterocycles. The maximum atomic E-state index is 13.9. The Hall–Kier alpha value is -6.14. The van der Waals surface area contributed by atoms with E-state index >= 15 is 0 Å². The van der Waals surface area contributed by atoms with Crippen LogP contribution in [0.25, 0.3) is 39.0 Å². The number of rotatable bonds is 8. The lowest BCUT2D eigenvalue weighted by molar-refractivity contribution is 0.0521. The van der Waals surface area contributed by atoms with Crippen LogP contribution in [-0.4, -0.2) is 61.9 Å². The average molecular weight is 630 g/mol. The maximum absolute atomic E-state index is 13.9. The van der Waals surface area contributed by atoms with Gasteiger partial charge in [0.1, 0.15) is 5.52 Å².